The smallest absolute Gasteiger partial charge is 0.285 e. The molecule has 2 heterocycles. The van der Waals surface area contributed by atoms with Crippen LogP contribution in [0.4, 0.5) is 8.78 Å². The quantitative estimate of drug-likeness (QED) is 0.913. The molecule has 0 saturated carbocycles. The lowest BCUT2D eigenvalue weighted by Crippen LogP contribution is -2.56. The third-order valence-corrected chi connectivity index (χ3v) is 5.54. The number of alkyl halides is 2. The number of halogens is 2. The number of rotatable bonds is 3. The van der Waals surface area contributed by atoms with Crippen LogP contribution >= 0.6 is 0 Å². The summed E-state index contributed by atoms with van der Waals surface area (Å²) in [6.45, 7) is 2.27. The predicted octanol–water partition coefficient (Wildman–Crippen LogP) is 3.23. The van der Waals surface area contributed by atoms with Crippen molar-refractivity contribution in [3.8, 4) is 0 Å². The molecule has 1 fully saturated rings. The zero-order valence-electron chi connectivity index (χ0n) is 14.7. The van der Waals surface area contributed by atoms with Crippen LogP contribution in [0.1, 0.15) is 23.1 Å². The first-order valence-electron chi connectivity index (χ1n) is 9.17. The molecule has 1 saturated heterocycles. The first kappa shape index (κ1) is 17.6. The van der Waals surface area contributed by atoms with Crippen LogP contribution in [-0.4, -0.2) is 46.7 Å². The van der Waals surface area contributed by atoms with E-state index in [9.17, 15) is 13.9 Å². The van der Waals surface area contributed by atoms with Gasteiger partial charge in [-0.05, 0) is 17.5 Å². The molecular weight excluding hydrogens is 334 g/mol. The second-order valence-corrected chi connectivity index (χ2v) is 7.41. The molecule has 2 aromatic carbocycles. The molecule has 0 aromatic heterocycles. The largest absolute Gasteiger partial charge is 0.390 e. The molecule has 2 atom stereocenters. The van der Waals surface area contributed by atoms with Crippen LogP contribution in [0.2, 0.25) is 0 Å². The van der Waals surface area contributed by atoms with Gasteiger partial charge in [-0.3, -0.25) is 9.80 Å². The highest BCUT2D eigenvalue weighted by Crippen LogP contribution is 2.38. The topological polar surface area (TPSA) is 26.7 Å². The number of fused-ring (bicyclic) bond motifs is 1. The Morgan fingerprint density at radius 3 is 2.54 bits per heavy atom. The van der Waals surface area contributed by atoms with Gasteiger partial charge in [0.1, 0.15) is 0 Å². The lowest BCUT2D eigenvalue weighted by molar-refractivity contribution is -0.0938. The average Bonchev–Trinajstić information content (AvgIpc) is 2.62. The lowest BCUT2D eigenvalue weighted by atomic mass is 9.92. The molecule has 2 aromatic rings. The summed E-state index contributed by atoms with van der Waals surface area (Å²) in [5, 5.41) is 10.7. The number of hydrogen-bond donors (Lipinski definition) is 1. The van der Waals surface area contributed by atoms with E-state index in [-0.39, 0.29) is 18.2 Å². The number of β-amino-alcohol motifs (C(OH)–C–C–N with tert-alkyl or cyclic N) is 1. The van der Waals surface area contributed by atoms with E-state index in [4.69, 9.17) is 0 Å². The van der Waals surface area contributed by atoms with Crippen LogP contribution in [0.3, 0.4) is 0 Å². The standard InChI is InChI=1S/C21H24F2N2O/c22-21(23)15-25(13-17-8-4-5-9-18(17)21)19-10-11-24(14-20(19)26)12-16-6-2-1-3-7-16/h1-9,19-20,26H,10-15H2. The summed E-state index contributed by atoms with van der Waals surface area (Å²) in [7, 11) is 0. The molecule has 5 heteroatoms. The van der Waals surface area contributed by atoms with E-state index in [1.807, 2.05) is 18.2 Å². The van der Waals surface area contributed by atoms with Gasteiger partial charge in [-0.25, -0.2) is 0 Å². The van der Waals surface area contributed by atoms with Crippen molar-refractivity contribution in [3.05, 3.63) is 71.3 Å². The molecule has 0 radical (unpaired) electrons. The maximum atomic E-state index is 14.6. The Labute approximate surface area is 152 Å². The van der Waals surface area contributed by atoms with E-state index in [0.29, 0.717) is 25.1 Å². The molecule has 0 spiro atoms. The van der Waals surface area contributed by atoms with E-state index >= 15 is 0 Å². The van der Waals surface area contributed by atoms with Gasteiger partial charge >= 0.3 is 0 Å². The summed E-state index contributed by atoms with van der Waals surface area (Å²) in [5.41, 5.74) is 2.01. The molecule has 3 nitrogen and oxygen atoms in total. The second kappa shape index (κ2) is 7.06. The van der Waals surface area contributed by atoms with E-state index in [1.54, 1.807) is 23.1 Å². The van der Waals surface area contributed by atoms with E-state index in [2.05, 4.69) is 17.0 Å². The molecule has 2 aliphatic heterocycles. The SMILES string of the molecule is OC1CN(Cc2ccccc2)CCC1N1Cc2ccccc2C(F)(F)C1. The Balaban J connectivity index is 1.44. The molecule has 4 rings (SSSR count). The van der Waals surface area contributed by atoms with Crippen molar-refractivity contribution in [1.82, 2.24) is 9.80 Å². The lowest BCUT2D eigenvalue weighted by Gasteiger charge is -2.45. The minimum absolute atomic E-state index is 0.132. The summed E-state index contributed by atoms with van der Waals surface area (Å²) in [6.07, 6.45) is 0.0835. The molecular formula is C21H24F2N2O. The van der Waals surface area contributed by atoms with Gasteiger partial charge in [0.25, 0.3) is 5.92 Å². The predicted molar refractivity (Wildman–Crippen MR) is 96.9 cm³/mol. The van der Waals surface area contributed by atoms with Gasteiger partial charge in [0.2, 0.25) is 0 Å². The first-order valence-corrected chi connectivity index (χ1v) is 9.17. The van der Waals surface area contributed by atoms with Crippen molar-refractivity contribution in [3.63, 3.8) is 0 Å². The Morgan fingerprint density at radius 2 is 1.77 bits per heavy atom. The highest BCUT2D eigenvalue weighted by atomic mass is 19.3. The maximum absolute atomic E-state index is 14.6. The molecule has 0 aliphatic carbocycles. The molecule has 1 N–H and O–H groups in total. The van der Waals surface area contributed by atoms with Gasteiger partial charge in [0.05, 0.1) is 12.6 Å². The highest BCUT2D eigenvalue weighted by Gasteiger charge is 2.44. The summed E-state index contributed by atoms with van der Waals surface area (Å²) >= 11 is 0. The van der Waals surface area contributed by atoms with Gasteiger partial charge in [0, 0.05) is 37.8 Å². The highest BCUT2D eigenvalue weighted by molar-refractivity contribution is 5.33. The fourth-order valence-corrected chi connectivity index (χ4v) is 4.26. The monoisotopic (exact) mass is 358 g/mol. The van der Waals surface area contributed by atoms with Crippen LogP contribution in [0, 0.1) is 0 Å². The van der Waals surface area contributed by atoms with Gasteiger partial charge < -0.3 is 5.11 Å². The van der Waals surface area contributed by atoms with E-state index < -0.39 is 12.0 Å². The molecule has 0 amide bonds. The minimum Gasteiger partial charge on any atom is -0.390 e. The first-order chi connectivity index (χ1) is 12.5. The van der Waals surface area contributed by atoms with Gasteiger partial charge in [0.15, 0.2) is 0 Å². The van der Waals surface area contributed by atoms with Crippen molar-refractivity contribution in [1.29, 1.82) is 0 Å². The Kier molecular flexibility index (Phi) is 4.78. The van der Waals surface area contributed by atoms with Crippen molar-refractivity contribution in [2.24, 2.45) is 0 Å². The van der Waals surface area contributed by atoms with Crippen LogP contribution in [-0.2, 0) is 19.0 Å². The van der Waals surface area contributed by atoms with Crippen molar-refractivity contribution < 1.29 is 13.9 Å². The number of hydrogen-bond acceptors (Lipinski definition) is 3. The molecule has 2 aliphatic rings. The zero-order valence-corrected chi connectivity index (χ0v) is 14.7. The van der Waals surface area contributed by atoms with Crippen molar-refractivity contribution in [2.75, 3.05) is 19.6 Å². The summed E-state index contributed by atoms with van der Waals surface area (Å²) in [5.74, 6) is -2.87. The van der Waals surface area contributed by atoms with Crippen molar-refractivity contribution >= 4 is 0 Å². The molecule has 138 valence electrons. The maximum Gasteiger partial charge on any atom is 0.285 e. The third-order valence-electron chi connectivity index (χ3n) is 5.54. The number of aliphatic hydroxyl groups is 1. The number of benzene rings is 2. The Bertz CT molecular complexity index is 753. The average molecular weight is 358 g/mol. The number of piperidine rings is 1. The van der Waals surface area contributed by atoms with Gasteiger partial charge in [-0.2, -0.15) is 8.78 Å². The second-order valence-electron chi connectivity index (χ2n) is 7.41. The zero-order chi connectivity index (χ0) is 18.1. The van der Waals surface area contributed by atoms with Crippen LogP contribution in [0.5, 0.6) is 0 Å². The van der Waals surface area contributed by atoms with Gasteiger partial charge in [-0.1, -0.05) is 54.6 Å². The van der Waals surface area contributed by atoms with E-state index in [1.165, 1.54) is 11.6 Å². The van der Waals surface area contributed by atoms with Crippen LogP contribution < -0.4 is 0 Å². The van der Waals surface area contributed by atoms with Gasteiger partial charge in [-0.15, -0.1) is 0 Å². The third kappa shape index (κ3) is 3.52. The summed E-state index contributed by atoms with van der Waals surface area (Å²) in [4.78, 5) is 3.97. The Hall–Kier alpha value is -1.82. The normalized spacial score (nSPS) is 26.4. The van der Waals surface area contributed by atoms with Crippen molar-refractivity contribution in [2.45, 2.75) is 37.6 Å². The minimum atomic E-state index is -2.87. The fraction of sp³-hybridized carbons (Fsp3) is 0.429. The summed E-state index contributed by atoms with van der Waals surface area (Å²) < 4.78 is 29.1. The molecule has 2 unspecified atom stereocenters. The number of likely N-dealkylation sites (tertiary alicyclic amines) is 1. The molecule has 0 bridgehead atoms. The number of nitrogens with zero attached hydrogens (tertiary/aromatic N) is 2. The molecule has 26 heavy (non-hydrogen) atoms. The Morgan fingerprint density at radius 1 is 1.04 bits per heavy atom. The summed E-state index contributed by atoms with van der Waals surface area (Å²) in [6, 6.07) is 16.7. The number of aliphatic hydroxyl groups excluding tert-OH is 1. The van der Waals surface area contributed by atoms with Crippen LogP contribution in [0.25, 0.3) is 0 Å². The fourth-order valence-electron chi connectivity index (χ4n) is 4.26. The van der Waals surface area contributed by atoms with E-state index in [0.717, 1.165) is 13.1 Å². The van der Waals surface area contributed by atoms with Crippen LogP contribution in [0.15, 0.2) is 54.6 Å².